The van der Waals surface area contributed by atoms with Crippen LogP contribution in [-0.4, -0.2) is 18.3 Å². The lowest BCUT2D eigenvalue weighted by Gasteiger charge is -2.09. The maximum atomic E-state index is 12.2. The molecule has 0 aliphatic rings. The Morgan fingerprint density at radius 3 is 2.52 bits per heavy atom. The van der Waals surface area contributed by atoms with Crippen molar-refractivity contribution < 1.29 is 13.3 Å². The average molecular weight is 329 g/mol. The van der Waals surface area contributed by atoms with Gasteiger partial charge in [0.05, 0.1) is 15.6 Å². The SMILES string of the molecule is Nc1cc([N+](=O)[O-])ccc1S(=O)(=O)Nc1ccc(Cl)cn1. The molecule has 1 aromatic heterocycles. The molecule has 0 atom stereocenters. The van der Waals surface area contributed by atoms with E-state index in [0.29, 0.717) is 5.02 Å². The molecule has 0 amide bonds. The highest BCUT2D eigenvalue weighted by molar-refractivity contribution is 7.92. The summed E-state index contributed by atoms with van der Waals surface area (Å²) in [7, 11) is -4.00. The summed E-state index contributed by atoms with van der Waals surface area (Å²) in [5.74, 6) is 0.0529. The van der Waals surface area contributed by atoms with Gasteiger partial charge in [0.1, 0.15) is 10.7 Å². The maximum absolute atomic E-state index is 12.2. The van der Waals surface area contributed by atoms with Crippen molar-refractivity contribution in [1.82, 2.24) is 4.98 Å². The molecule has 0 bridgehead atoms. The largest absolute Gasteiger partial charge is 0.397 e. The Bertz CT molecular complexity index is 792. The predicted molar refractivity (Wildman–Crippen MR) is 77.6 cm³/mol. The summed E-state index contributed by atoms with van der Waals surface area (Å²) in [6.45, 7) is 0. The standard InChI is InChI=1S/C11H9ClN4O4S/c12-7-1-4-11(14-6-7)15-21(19,20)10-3-2-8(16(17)18)5-9(10)13/h1-6H,13H2,(H,14,15). The minimum atomic E-state index is -4.00. The molecule has 2 rings (SSSR count). The van der Waals surface area contributed by atoms with Crippen LogP contribution in [0.4, 0.5) is 17.2 Å². The number of nitrogens with two attached hydrogens (primary N) is 1. The summed E-state index contributed by atoms with van der Waals surface area (Å²) in [6.07, 6.45) is 1.28. The van der Waals surface area contributed by atoms with Gasteiger partial charge in [0.25, 0.3) is 15.7 Å². The Balaban J connectivity index is 2.35. The van der Waals surface area contributed by atoms with Gasteiger partial charge in [-0.3, -0.25) is 14.8 Å². The number of non-ortho nitro benzene ring substituents is 1. The fraction of sp³-hybridized carbons (Fsp3) is 0. The molecule has 0 unspecified atom stereocenters. The summed E-state index contributed by atoms with van der Waals surface area (Å²) in [6, 6.07) is 5.93. The van der Waals surface area contributed by atoms with E-state index in [1.165, 1.54) is 18.3 Å². The Morgan fingerprint density at radius 2 is 2.00 bits per heavy atom. The number of nitrogens with one attached hydrogen (secondary N) is 1. The van der Waals surface area contributed by atoms with Gasteiger partial charge in [-0.15, -0.1) is 0 Å². The first kappa shape index (κ1) is 15.0. The van der Waals surface area contributed by atoms with E-state index in [4.69, 9.17) is 17.3 Å². The smallest absolute Gasteiger partial charge is 0.271 e. The maximum Gasteiger partial charge on any atom is 0.271 e. The van der Waals surface area contributed by atoms with Crippen molar-refractivity contribution >= 4 is 38.8 Å². The first-order chi connectivity index (χ1) is 9.79. The number of nitrogens with zero attached hydrogens (tertiary/aromatic N) is 2. The number of nitrogen functional groups attached to an aromatic ring is 1. The molecule has 8 nitrogen and oxygen atoms in total. The molecule has 0 fully saturated rings. The topological polar surface area (TPSA) is 128 Å². The molecule has 110 valence electrons. The highest BCUT2D eigenvalue weighted by Crippen LogP contribution is 2.25. The van der Waals surface area contributed by atoms with Crippen molar-refractivity contribution in [2.75, 3.05) is 10.5 Å². The number of hydrogen-bond acceptors (Lipinski definition) is 6. The van der Waals surface area contributed by atoms with E-state index in [1.807, 2.05) is 0 Å². The molecule has 0 saturated carbocycles. The number of nitro benzene ring substituents is 1. The second-order valence-corrected chi connectivity index (χ2v) is 6.03. The number of sulfonamides is 1. The second kappa shape index (κ2) is 5.54. The zero-order valence-electron chi connectivity index (χ0n) is 10.4. The van der Waals surface area contributed by atoms with Crippen molar-refractivity contribution in [1.29, 1.82) is 0 Å². The van der Waals surface area contributed by atoms with Crippen molar-refractivity contribution in [2.45, 2.75) is 4.90 Å². The molecule has 2 aromatic rings. The molecule has 3 N–H and O–H groups in total. The number of aromatic nitrogens is 1. The molecule has 21 heavy (non-hydrogen) atoms. The van der Waals surface area contributed by atoms with Gasteiger partial charge >= 0.3 is 0 Å². The van der Waals surface area contributed by atoms with Gasteiger partial charge < -0.3 is 5.73 Å². The van der Waals surface area contributed by atoms with Crippen LogP contribution in [0.25, 0.3) is 0 Å². The third-order valence-corrected chi connectivity index (χ3v) is 4.11. The fourth-order valence-electron chi connectivity index (χ4n) is 1.52. The summed E-state index contributed by atoms with van der Waals surface area (Å²) in [5.41, 5.74) is 5.03. The van der Waals surface area contributed by atoms with Crippen LogP contribution in [0.5, 0.6) is 0 Å². The third-order valence-electron chi connectivity index (χ3n) is 2.46. The quantitative estimate of drug-likeness (QED) is 0.502. The first-order valence-electron chi connectivity index (χ1n) is 5.48. The van der Waals surface area contributed by atoms with Crippen LogP contribution in [0.15, 0.2) is 41.4 Å². The van der Waals surface area contributed by atoms with E-state index in [-0.39, 0.29) is 22.1 Å². The van der Waals surface area contributed by atoms with E-state index in [1.54, 1.807) is 0 Å². The van der Waals surface area contributed by atoms with Gasteiger partial charge in [-0.05, 0) is 18.2 Å². The lowest BCUT2D eigenvalue weighted by atomic mass is 10.3. The Labute approximate surface area is 124 Å². The molecule has 10 heteroatoms. The molecule has 0 saturated heterocycles. The lowest BCUT2D eigenvalue weighted by molar-refractivity contribution is -0.384. The van der Waals surface area contributed by atoms with E-state index >= 15 is 0 Å². The summed E-state index contributed by atoms with van der Waals surface area (Å²) >= 11 is 5.65. The third kappa shape index (κ3) is 3.38. The van der Waals surface area contributed by atoms with E-state index in [0.717, 1.165) is 18.2 Å². The predicted octanol–water partition coefficient (Wildman–Crippen LogP) is 2.03. The zero-order chi connectivity index (χ0) is 15.6. The van der Waals surface area contributed by atoms with Crippen molar-refractivity contribution in [3.63, 3.8) is 0 Å². The fourth-order valence-corrected chi connectivity index (χ4v) is 2.76. The molecule has 0 aliphatic carbocycles. The Morgan fingerprint density at radius 1 is 1.29 bits per heavy atom. The number of anilines is 2. The van der Waals surface area contributed by atoms with E-state index < -0.39 is 14.9 Å². The minimum absolute atomic E-state index is 0.0529. The van der Waals surface area contributed by atoms with Crippen molar-refractivity contribution in [3.8, 4) is 0 Å². The number of pyridine rings is 1. The Hall–Kier alpha value is -2.39. The molecule has 1 aromatic carbocycles. The zero-order valence-corrected chi connectivity index (χ0v) is 11.9. The first-order valence-corrected chi connectivity index (χ1v) is 7.34. The van der Waals surface area contributed by atoms with Crippen LogP contribution in [0, 0.1) is 10.1 Å². The van der Waals surface area contributed by atoms with Crippen molar-refractivity contribution in [2.24, 2.45) is 0 Å². The van der Waals surface area contributed by atoms with Gasteiger partial charge in [0.2, 0.25) is 0 Å². The van der Waals surface area contributed by atoms with Gasteiger partial charge in [-0.2, -0.15) is 0 Å². The lowest BCUT2D eigenvalue weighted by Crippen LogP contribution is -2.15. The summed E-state index contributed by atoms with van der Waals surface area (Å²) < 4.78 is 26.5. The highest BCUT2D eigenvalue weighted by Gasteiger charge is 2.20. The van der Waals surface area contributed by atoms with Crippen molar-refractivity contribution in [3.05, 3.63) is 51.7 Å². The van der Waals surface area contributed by atoms with Crippen LogP contribution in [-0.2, 0) is 10.0 Å². The van der Waals surface area contributed by atoms with Crippen LogP contribution in [0.1, 0.15) is 0 Å². The Kier molecular flexibility index (Phi) is 3.96. The highest BCUT2D eigenvalue weighted by atomic mass is 35.5. The average Bonchev–Trinajstić information content (AvgIpc) is 2.40. The molecule has 1 heterocycles. The van der Waals surface area contributed by atoms with Crippen LogP contribution < -0.4 is 10.5 Å². The molecular weight excluding hydrogens is 320 g/mol. The van der Waals surface area contributed by atoms with Gasteiger partial charge in [0, 0.05) is 18.3 Å². The van der Waals surface area contributed by atoms with Crippen LogP contribution >= 0.6 is 11.6 Å². The van der Waals surface area contributed by atoms with Crippen LogP contribution in [0.3, 0.4) is 0 Å². The number of hydrogen-bond donors (Lipinski definition) is 2. The van der Waals surface area contributed by atoms with Gasteiger partial charge in [0.15, 0.2) is 0 Å². The molecular formula is C11H9ClN4O4S. The minimum Gasteiger partial charge on any atom is -0.397 e. The number of halogens is 1. The van der Waals surface area contributed by atoms with Gasteiger partial charge in [-0.1, -0.05) is 11.6 Å². The number of rotatable bonds is 4. The normalized spacial score (nSPS) is 11.1. The monoisotopic (exact) mass is 328 g/mol. The van der Waals surface area contributed by atoms with Crippen LogP contribution in [0.2, 0.25) is 5.02 Å². The number of benzene rings is 1. The molecule has 0 radical (unpaired) electrons. The number of nitro groups is 1. The van der Waals surface area contributed by atoms with E-state index in [9.17, 15) is 18.5 Å². The molecule has 0 spiro atoms. The second-order valence-electron chi connectivity index (χ2n) is 3.95. The summed E-state index contributed by atoms with van der Waals surface area (Å²) in [5, 5.41) is 11.0. The van der Waals surface area contributed by atoms with Gasteiger partial charge in [-0.25, -0.2) is 13.4 Å². The van der Waals surface area contributed by atoms with E-state index in [2.05, 4.69) is 9.71 Å². The summed E-state index contributed by atoms with van der Waals surface area (Å²) in [4.78, 5) is 13.5. The molecule has 0 aliphatic heterocycles.